The predicted octanol–water partition coefficient (Wildman–Crippen LogP) is 4.01. The fourth-order valence-electron chi connectivity index (χ4n) is 2.96. The Hall–Kier alpha value is -1.65. The summed E-state index contributed by atoms with van der Waals surface area (Å²) in [5.41, 5.74) is -0.221. The number of carbonyl (C=O) groups is 1. The molecule has 0 aromatic heterocycles. The van der Waals surface area contributed by atoms with Gasteiger partial charge in [-0.25, -0.2) is 13.6 Å². The molecule has 1 aromatic carbocycles. The fraction of sp³-hybridized carbons (Fsp3) is 0.588. The lowest BCUT2D eigenvalue weighted by atomic mass is 9.87. The van der Waals surface area contributed by atoms with Crippen molar-refractivity contribution in [2.24, 2.45) is 11.3 Å². The van der Waals surface area contributed by atoms with Crippen LogP contribution in [0.25, 0.3) is 0 Å². The van der Waals surface area contributed by atoms with Crippen molar-refractivity contribution in [2.45, 2.75) is 39.5 Å². The molecule has 5 heteroatoms. The molecule has 0 saturated heterocycles. The fourth-order valence-corrected chi connectivity index (χ4v) is 2.96. The van der Waals surface area contributed by atoms with Gasteiger partial charge in [0.05, 0.1) is 6.61 Å². The first-order valence-corrected chi connectivity index (χ1v) is 7.54. The van der Waals surface area contributed by atoms with Crippen molar-refractivity contribution in [3.05, 3.63) is 35.4 Å². The molecule has 1 atom stereocenters. The third-order valence-electron chi connectivity index (χ3n) is 4.44. The quantitative estimate of drug-likeness (QED) is 0.892. The number of nitrogens with one attached hydrogen (secondary N) is 1. The molecule has 1 fully saturated rings. The van der Waals surface area contributed by atoms with Crippen molar-refractivity contribution in [2.75, 3.05) is 13.2 Å². The first-order valence-electron chi connectivity index (χ1n) is 7.54. The van der Waals surface area contributed by atoms with Gasteiger partial charge < -0.3 is 10.1 Å². The smallest absolute Gasteiger partial charge is 0.407 e. The third-order valence-corrected chi connectivity index (χ3v) is 4.44. The van der Waals surface area contributed by atoms with E-state index in [4.69, 9.17) is 4.74 Å². The molecular formula is C17H23F2NO2. The number of rotatable bonds is 5. The zero-order valence-electron chi connectivity index (χ0n) is 13.5. The molecule has 3 nitrogen and oxygen atoms in total. The van der Waals surface area contributed by atoms with E-state index >= 15 is 0 Å². The first kappa shape index (κ1) is 16.7. The van der Waals surface area contributed by atoms with Gasteiger partial charge in [-0.15, -0.1) is 0 Å². The van der Waals surface area contributed by atoms with Gasteiger partial charge in [0.2, 0.25) is 0 Å². The average molecular weight is 311 g/mol. The summed E-state index contributed by atoms with van der Waals surface area (Å²) in [6.45, 7) is 8.54. The highest BCUT2D eigenvalue weighted by molar-refractivity contribution is 5.67. The lowest BCUT2D eigenvalue weighted by Gasteiger charge is -2.22. The van der Waals surface area contributed by atoms with Crippen LogP contribution in [0.2, 0.25) is 0 Å². The molecule has 0 heterocycles. The van der Waals surface area contributed by atoms with E-state index in [9.17, 15) is 13.6 Å². The van der Waals surface area contributed by atoms with Crippen LogP contribution in [0.1, 0.15) is 39.7 Å². The number of ether oxygens (including phenoxy) is 1. The summed E-state index contributed by atoms with van der Waals surface area (Å²) in [5, 5.41) is 2.72. The molecular weight excluding hydrogens is 288 g/mol. The minimum absolute atomic E-state index is 0.156. The van der Waals surface area contributed by atoms with Crippen molar-refractivity contribution in [3.8, 4) is 0 Å². The molecule has 1 aromatic rings. The maximum Gasteiger partial charge on any atom is 0.407 e. The van der Waals surface area contributed by atoms with Crippen molar-refractivity contribution in [1.29, 1.82) is 0 Å². The molecule has 0 bridgehead atoms. The van der Waals surface area contributed by atoms with E-state index in [0.29, 0.717) is 12.2 Å². The summed E-state index contributed by atoms with van der Waals surface area (Å²) in [6.07, 6.45) is 0.228. The Balaban J connectivity index is 2.09. The van der Waals surface area contributed by atoms with Crippen molar-refractivity contribution < 1.29 is 18.3 Å². The standard InChI is InChI=1S/C17H23F2NO2/c1-11(2)8-22-15(21)20-10-17(9-16(17,3)4)13-6-5-12(18)7-14(13)19/h5-7,11H,8-10H2,1-4H3,(H,20,21). The highest BCUT2D eigenvalue weighted by atomic mass is 19.1. The van der Waals surface area contributed by atoms with Crippen LogP contribution in [-0.2, 0) is 10.2 Å². The Morgan fingerprint density at radius 3 is 2.50 bits per heavy atom. The van der Waals surface area contributed by atoms with Gasteiger partial charge in [-0.05, 0) is 29.4 Å². The Labute approximate surface area is 130 Å². The van der Waals surface area contributed by atoms with Crippen molar-refractivity contribution in [1.82, 2.24) is 5.32 Å². The van der Waals surface area contributed by atoms with Crippen LogP contribution in [0.3, 0.4) is 0 Å². The molecule has 1 N–H and O–H groups in total. The minimum atomic E-state index is -0.598. The molecule has 122 valence electrons. The van der Waals surface area contributed by atoms with E-state index in [2.05, 4.69) is 5.32 Å². The number of alkyl carbamates (subject to hydrolysis) is 1. The second-order valence-electron chi connectivity index (χ2n) is 7.11. The van der Waals surface area contributed by atoms with Gasteiger partial charge in [-0.3, -0.25) is 0 Å². The van der Waals surface area contributed by atoms with Gasteiger partial charge in [0.15, 0.2) is 0 Å². The lowest BCUT2D eigenvalue weighted by molar-refractivity contribution is 0.131. The Morgan fingerprint density at radius 1 is 1.36 bits per heavy atom. The number of halogens is 2. The summed E-state index contributed by atoms with van der Waals surface area (Å²) in [6, 6.07) is 3.62. The van der Waals surface area contributed by atoms with E-state index in [1.54, 1.807) is 0 Å². The summed E-state index contributed by atoms with van der Waals surface area (Å²) in [4.78, 5) is 11.7. The maximum atomic E-state index is 14.1. The molecule has 0 spiro atoms. The van der Waals surface area contributed by atoms with Gasteiger partial charge in [0, 0.05) is 18.0 Å². The second kappa shape index (κ2) is 5.86. The molecule has 22 heavy (non-hydrogen) atoms. The van der Waals surface area contributed by atoms with Crippen LogP contribution in [0, 0.1) is 23.0 Å². The zero-order chi connectivity index (χ0) is 16.5. The van der Waals surface area contributed by atoms with E-state index in [1.165, 1.54) is 12.1 Å². The zero-order valence-corrected chi connectivity index (χ0v) is 13.5. The van der Waals surface area contributed by atoms with Crippen LogP contribution in [0.4, 0.5) is 13.6 Å². The SMILES string of the molecule is CC(C)COC(=O)NCC1(c2ccc(F)cc2F)CC1(C)C. The van der Waals surface area contributed by atoms with Gasteiger partial charge in [0.25, 0.3) is 0 Å². The number of hydrogen-bond acceptors (Lipinski definition) is 2. The Bertz CT molecular complexity index is 572. The highest BCUT2D eigenvalue weighted by Gasteiger charge is 2.62. The summed E-state index contributed by atoms with van der Waals surface area (Å²) >= 11 is 0. The summed E-state index contributed by atoms with van der Waals surface area (Å²) < 4.78 is 32.3. The number of benzene rings is 1. The van der Waals surface area contributed by atoms with Crippen molar-refractivity contribution >= 4 is 6.09 Å². The number of amides is 1. The van der Waals surface area contributed by atoms with Crippen LogP contribution >= 0.6 is 0 Å². The van der Waals surface area contributed by atoms with Crippen LogP contribution in [0.5, 0.6) is 0 Å². The van der Waals surface area contributed by atoms with E-state index < -0.39 is 23.1 Å². The van der Waals surface area contributed by atoms with E-state index in [1.807, 2.05) is 27.7 Å². The minimum Gasteiger partial charge on any atom is -0.449 e. The van der Waals surface area contributed by atoms with Gasteiger partial charge in [-0.2, -0.15) is 0 Å². The average Bonchev–Trinajstić information content (AvgIpc) is 2.96. The van der Waals surface area contributed by atoms with Gasteiger partial charge in [0.1, 0.15) is 11.6 Å². The summed E-state index contributed by atoms with van der Waals surface area (Å²) in [5.74, 6) is -0.909. The van der Waals surface area contributed by atoms with Crippen LogP contribution in [0.15, 0.2) is 18.2 Å². The molecule has 1 saturated carbocycles. The molecule has 0 radical (unpaired) electrons. The summed E-state index contributed by atoms with van der Waals surface area (Å²) in [7, 11) is 0. The topological polar surface area (TPSA) is 38.3 Å². The van der Waals surface area contributed by atoms with Crippen molar-refractivity contribution in [3.63, 3.8) is 0 Å². The first-order chi connectivity index (χ1) is 10.2. The van der Waals surface area contributed by atoms with Crippen LogP contribution < -0.4 is 5.32 Å². The van der Waals surface area contributed by atoms with E-state index in [0.717, 1.165) is 12.5 Å². The maximum absolute atomic E-state index is 14.1. The van der Waals surface area contributed by atoms with Crippen LogP contribution in [-0.4, -0.2) is 19.2 Å². The molecule has 1 aliphatic rings. The Kier molecular flexibility index (Phi) is 4.45. The monoisotopic (exact) mass is 311 g/mol. The molecule has 2 rings (SSSR count). The molecule has 1 amide bonds. The van der Waals surface area contributed by atoms with Gasteiger partial charge >= 0.3 is 6.09 Å². The third kappa shape index (κ3) is 3.23. The lowest BCUT2D eigenvalue weighted by Crippen LogP contribution is -2.36. The van der Waals surface area contributed by atoms with E-state index in [-0.39, 0.29) is 17.9 Å². The second-order valence-corrected chi connectivity index (χ2v) is 7.11. The number of carbonyl (C=O) groups excluding carboxylic acids is 1. The highest BCUT2D eigenvalue weighted by Crippen LogP contribution is 2.64. The molecule has 1 unspecified atom stereocenters. The molecule has 1 aliphatic carbocycles. The van der Waals surface area contributed by atoms with Gasteiger partial charge in [-0.1, -0.05) is 33.8 Å². The normalized spacial score (nSPS) is 22.5. The number of hydrogen-bond donors (Lipinski definition) is 1. The Morgan fingerprint density at radius 2 is 2.00 bits per heavy atom. The largest absolute Gasteiger partial charge is 0.449 e. The predicted molar refractivity (Wildman–Crippen MR) is 80.6 cm³/mol. The molecule has 0 aliphatic heterocycles.